The maximum atomic E-state index is 11.1. The monoisotopic (exact) mass is 268 g/mol. The normalized spacial score (nSPS) is 15.5. The van der Waals surface area contributed by atoms with Gasteiger partial charge in [-0.15, -0.1) is 0 Å². The lowest BCUT2D eigenvalue weighted by Gasteiger charge is -2.11. The second-order valence-electron chi connectivity index (χ2n) is 4.84. The molecule has 0 amide bonds. The molecule has 2 aromatic rings. The summed E-state index contributed by atoms with van der Waals surface area (Å²) in [6.45, 7) is 0. The van der Waals surface area contributed by atoms with Crippen LogP contribution in [0.5, 0.6) is 0 Å². The van der Waals surface area contributed by atoms with E-state index in [1.54, 1.807) is 18.2 Å². The summed E-state index contributed by atoms with van der Waals surface area (Å²) in [5.74, 6) is -2.17. The molecule has 2 aromatic carbocycles. The second-order valence-corrected chi connectivity index (χ2v) is 4.84. The van der Waals surface area contributed by atoms with Crippen molar-refractivity contribution in [3.05, 3.63) is 59.2 Å². The number of carboxylic acids is 2. The van der Waals surface area contributed by atoms with Crippen molar-refractivity contribution < 1.29 is 19.8 Å². The first-order valence-corrected chi connectivity index (χ1v) is 6.26. The van der Waals surface area contributed by atoms with Crippen LogP contribution in [0.3, 0.4) is 0 Å². The zero-order chi connectivity index (χ0) is 14.3. The Labute approximate surface area is 115 Å². The average Bonchev–Trinajstić information content (AvgIpc) is 2.73. The Morgan fingerprint density at radius 1 is 0.950 bits per heavy atom. The quantitative estimate of drug-likeness (QED) is 0.897. The molecular weight excluding hydrogens is 256 g/mol. The minimum absolute atomic E-state index is 0.0346. The Morgan fingerprint density at radius 2 is 1.65 bits per heavy atom. The summed E-state index contributed by atoms with van der Waals surface area (Å²) in [6, 6.07) is 12.5. The van der Waals surface area contributed by atoms with Crippen molar-refractivity contribution in [1.82, 2.24) is 0 Å². The van der Waals surface area contributed by atoms with Gasteiger partial charge in [-0.2, -0.15) is 0 Å². The van der Waals surface area contributed by atoms with E-state index >= 15 is 0 Å². The van der Waals surface area contributed by atoms with Gasteiger partial charge >= 0.3 is 11.9 Å². The van der Waals surface area contributed by atoms with E-state index in [9.17, 15) is 9.59 Å². The van der Waals surface area contributed by atoms with E-state index < -0.39 is 11.9 Å². The molecule has 0 radical (unpaired) electrons. The number of aromatic carboxylic acids is 1. The lowest BCUT2D eigenvalue weighted by molar-refractivity contribution is -0.137. The van der Waals surface area contributed by atoms with Crippen molar-refractivity contribution in [3.8, 4) is 11.1 Å². The largest absolute Gasteiger partial charge is 0.481 e. The van der Waals surface area contributed by atoms with Crippen molar-refractivity contribution in [3.63, 3.8) is 0 Å². The third-order valence-electron chi connectivity index (χ3n) is 3.68. The Bertz CT molecular complexity index is 718. The number of benzene rings is 2. The first-order valence-electron chi connectivity index (χ1n) is 6.26. The van der Waals surface area contributed by atoms with E-state index in [0.717, 1.165) is 22.3 Å². The van der Waals surface area contributed by atoms with Gasteiger partial charge in [-0.25, -0.2) is 4.79 Å². The van der Waals surface area contributed by atoms with E-state index in [0.29, 0.717) is 0 Å². The topological polar surface area (TPSA) is 74.6 Å². The molecule has 0 aromatic heterocycles. The van der Waals surface area contributed by atoms with Gasteiger partial charge in [0.1, 0.15) is 0 Å². The van der Waals surface area contributed by atoms with Crippen LogP contribution in [-0.4, -0.2) is 22.2 Å². The Morgan fingerprint density at radius 3 is 2.35 bits per heavy atom. The molecule has 1 aliphatic rings. The first-order chi connectivity index (χ1) is 9.58. The van der Waals surface area contributed by atoms with E-state index in [-0.39, 0.29) is 17.9 Å². The van der Waals surface area contributed by atoms with E-state index in [1.807, 2.05) is 24.3 Å². The number of rotatable bonds is 3. The molecule has 1 unspecified atom stereocenters. The number of hydrogen-bond acceptors (Lipinski definition) is 2. The zero-order valence-corrected chi connectivity index (χ0v) is 10.5. The molecule has 0 heterocycles. The predicted octanol–water partition coefficient (Wildman–Crippen LogP) is 2.97. The number of carbonyl (C=O) groups is 2. The van der Waals surface area contributed by atoms with Crippen LogP contribution in [0.4, 0.5) is 0 Å². The van der Waals surface area contributed by atoms with Gasteiger partial charge in [0, 0.05) is 5.92 Å². The number of carboxylic acid groups (broad SMARTS) is 2. The summed E-state index contributed by atoms with van der Waals surface area (Å²) in [6.07, 6.45) is -0.0346. The van der Waals surface area contributed by atoms with Crippen LogP contribution in [0.25, 0.3) is 11.1 Å². The van der Waals surface area contributed by atoms with Gasteiger partial charge in [0.25, 0.3) is 0 Å². The molecule has 4 nitrogen and oxygen atoms in total. The minimum Gasteiger partial charge on any atom is -0.481 e. The van der Waals surface area contributed by atoms with Crippen molar-refractivity contribution in [2.24, 2.45) is 0 Å². The van der Waals surface area contributed by atoms with Crippen LogP contribution < -0.4 is 0 Å². The lowest BCUT2D eigenvalue weighted by atomic mass is 9.93. The summed E-state index contributed by atoms with van der Waals surface area (Å²) in [7, 11) is 0. The Hall–Kier alpha value is -2.62. The molecule has 0 saturated carbocycles. The molecule has 0 saturated heterocycles. The molecule has 1 atom stereocenters. The predicted molar refractivity (Wildman–Crippen MR) is 72.9 cm³/mol. The fraction of sp³-hybridized carbons (Fsp3) is 0.125. The van der Waals surface area contributed by atoms with Crippen LogP contribution in [0.15, 0.2) is 42.5 Å². The summed E-state index contributed by atoms with van der Waals surface area (Å²) >= 11 is 0. The minimum atomic E-state index is -1.00. The molecule has 4 heteroatoms. The standard InChI is InChI=1S/C16H12O4/c17-15(18)8-14-11-4-2-1-3-10(11)12-6-5-9(16(19)20)7-13(12)14/h1-7,14H,8H2,(H,17,18)(H,19,20). The van der Waals surface area contributed by atoms with Gasteiger partial charge in [-0.3, -0.25) is 4.79 Å². The molecular formula is C16H12O4. The third-order valence-corrected chi connectivity index (χ3v) is 3.68. The van der Waals surface area contributed by atoms with Crippen LogP contribution in [0.2, 0.25) is 0 Å². The van der Waals surface area contributed by atoms with Crippen molar-refractivity contribution in [1.29, 1.82) is 0 Å². The third kappa shape index (κ3) is 1.86. The molecule has 2 N–H and O–H groups in total. The molecule has 0 bridgehead atoms. The second kappa shape index (κ2) is 4.49. The van der Waals surface area contributed by atoms with Crippen LogP contribution >= 0.6 is 0 Å². The summed E-state index contributed by atoms with van der Waals surface area (Å²) in [4.78, 5) is 22.2. The van der Waals surface area contributed by atoms with Gasteiger partial charge < -0.3 is 10.2 Å². The van der Waals surface area contributed by atoms with Gasteiger partial charge in [-0.1, -0.05) is 30.3 Å². The highest BCUT2D eigenvalue weighted by Crippen LogP contribution is 2.46. The molecule has 0 spiro atoms. The van der Waals surface area contributed by atoms with E-state index in [2.05, 4.69) is 0 Å². The molecule has 0 aliphatic heterocycles. The number of hydrogen-bond donors (Lipinski definition) is 2. The fourth-order valence-electron chi connectivity index (χ4n) is 2.84. The van der Waals surface area contributed by atoms with Crippen molar-refractivity contribution in [2.75, 3.05) is 0 Å². The SMILES string of the molecule is O=C(O)CC1c2ccccc2-c2ccc(C(=O)O)cc21. The van der Waals surface area contributed by atoms with Gasteiger partial charge in [0.05, 0.1) is 12.0 Å². The van der Waals surface area contributed by atoms with Crippen LogP contribution in [0.1, 0.15) is 33.8 Å². The van der Waals surface area contributed by atoms with Gasteiger partial charge in [0.2, 0.25) is 0 Å². The lowest BCUT2D eigenvalue weighted by Crippen LogP contribution is -2.06. The van der Waals surface area contributed by atoms with Crippen LogP contribution in [-0.2, 0) is 4.79 Å². The maximum Gasteiger partial charge on any atom is 0.335 e. The highest BCUT2D eigenvalue weighted by Gasteiger charge is 2.30. The molecule has 100 valence electrons. The Balaban J connectivity index is 2.19. The average molecular weight is 268 g/mol. The van der Waals surface area contributed by atoms with Gasteiger partial charge in [-0.05, 0) is 34.4 Å². The van der Waals surface area contributed by atoms with Crippen molar-refractivity contribution in [2.45, 2.75) is 12.3 Å². The highest BCUT2D eigenvalue weighted by atomic mass is 16.4. The Kier molecular flexibility index (Phi) is 2.79. The summed E-state index contributed by atoms with van der Waals surface area (Å²) in [5.41, 5.74) is 3.84. The molecule has 0 fully saturated rings. The van der Waals surface area contributed by atoms with E-state index in [1.165, 1.54) is 0 Å². The molecule has 1 aliphatic carbocycles. The summed E-state index contributed by atoms with van der Waals surface area (Å²) in [5, 5.41) is 18.2. The smallest absolute Gasteiger partial charge is 0.335 e. The van der Waals surface area contributed by atoms with E-state index in [4.69, 9.17) is 10.2 Å². The van der Waals surface area contributed by atoms with Gasteiger partial charge in [0.15, 0.2) is 0 Å². The van der Waals surface area contributed by atoms with Crippen LogP contribution in [0, 0.1) is 0 Å². The molecule has 3 rings (SSSR count). The highest BCUT2D eigenvalue weighted by molar-refractivity contribution is 5.91. The van der Waals surface area contributed by atoms with Crippen molar-refractivity contribution >= 4 is 11.9 Å². The number of fused-ring (bicyclic) bond motifs is 3. The zero-order valence-electron chi connectivity index (χ0n) is 10.5. The number of aliphatic carboxylic acids is 1. The maximum absolute atomic E-state index is 11.1. The summed E-state index contributed by atoms with van der Waals surface area (Å²) < 4.78 is 0. The molecule has 20 heavy (non-hydrogen) atoms. The first kappa shape index (κ1) is 12.4. The fourth-order valence-corrected chi connectivity index (χ4v) is 2.84.